The Morgan fingerprint density at radius 3 is 2.38 bits per heavy atom. The largest absolute Gasteiger partial charge is 0.497 e. The molecule has 0 radical (unpaired) electrons. The fourth-order valence-electron chi connectivity index (χ4n) is 8.06. The lowest BCUT2D eigenvalue weighted by molar-refractivity contribution is -0.162. The van der Waals surface area contributed by atoms with Crippen molar-refractivity contribution < 1.29 is 43.2 Å². The number of amides is 3. The fraction of sp³-hybridized carbons (Fsp3) is 0.487. The molecular weight excluding hydrogens is 734 g/mol. The SMILES string of the molecule is COC[C@H]1NC(=O)CC/C=C\CN(c2ccc(OC)cc2)C(=O)[C@@H]2N([C@@H](CO)CC(C)C)C(=O)[C@H]3[C@H](C(=O)O[C@@H]1c1ccccc1)[C@H]1O[C@@]23C=C1Br. The normalized spacial score (nSPS) is 30.6. The number of nitrogens with zero attached hydrogens (tertiary/aromatic N) is 2. The van der Waals surface area contributed by atoms with Gasteiger partial charge in [-0.2, -0.15) is 0 Å². The van der Waals surface area contributed by atoms with Gasteiger partial charge in [-0.25, -0.2) is 0 Å². The quantitative estimate of drug-likeness (QED) is 0.285. The molecule has 0 unspecified atom stereocenters. The van der Waals surface area contributed by atoms with E-state index >= 15 is 4.79 Å². The van der Waals surface area contributed by atoms with Gasteiger partial charge in [-0.05, 0) is 54.7 Å². The Bertz CT molecular complexity index is 1700. The Labute approximate surface area is 312 Å². The lowest BCUT2D eigenvalue weighted by atomic mass is 9.74. The van der Waals surface area contributed by atoms with Gasteiger partial charge in [0.2, 0.25) is 11.8 Å². The maximum Gasteiger partial charge on any atom is 0.313 e. The number of nitrogens with one attached hydrogen (secondary N) is 1. The molecule has 12 nitrogen and oxygen atoms in total. The number of benzene rings is 2. The Morgan fingerprint density at radius 1 is 1.00 bits per heavy atom. The van der Waals surface area contributed by atoms with Gasteiger partial charge in [-0.3, -0.25) is 19.2 Å². The van der Waals surface area contributed by atoms with Crippen molar-refractivity contribution in [3.63, 3.8) is 0 Å². The molecule has 1 spiro atoms. The van der Waals surface area contributed by atoms with E-state index in [9.17, 15) is 19.5 Å². The van der Waals surface area contributed by atoms with Gasteiger partial charge in [-0.15, -0.1) is 0 Å². The average Bonchev–Trinajstić information content (AvgIpc) is 3.73. The number of anilines is 1. The second kappa shape index (κ2) is 15.9. The highest BCUT2D eigenvalue weighted by Gasteiger charge is 2.75. The molecule has 278 valence electrons. The van der Waals surface area contributed by atoms with Crippen LogP contribution in [-0.4, -0.2) is 97.5 Å². The van der Waals surface area contributed by atoms with Crippen molar-refractivity contribution in [1.82, 2.24) is 10.2 Å². The van der Waals surface area contributed by atoms with Crippen molar-refractivity contribution in [3.05, 3.63) is 82.9 Å². The number of likely N-dealkylation sites (tertiary alicyclic amines) is 1. The van der Waals surface area contributed by atoms with Gasteiger partial charge in [0.25, 0.3) is 5.91 Å². The molecule has 52 heavy (non-hydrogen) atoms. The topological polar surface area (TPSA) is 144 Å². The third kappa shape index (κ3) is 7.03. The summed E-state index contributed by atoms with van der Waals surface area (Å²) in [4.78, 5) is 61.0. The van der Waals surface area contributed by atoms with E-state index in [0.29, 0.717) is 34.3 Å². The van der Waals surface area contributed by atoms with Crippen LogP contribution in [0, 0.1) is 17.8 Å². The molecule has 13 heteroatoms. The molecule has 2 aromatic carbocycles. The Kier molecular flexibility index (Phi) is 11.5. The molecule has 2 N–H and O–H groups in total. The minimum atomic E-state index is -1.55. The van der Waals surface area contributed by atoms with E-state index in [0.717, 1.165) is 0 Å². The van der Waals surface area contributed by atoms with E-state index in [4.69, 9.17) is 18.9 Å². The molecule has 8 atom stereocenters. The number of hydrogen-bond donors (Lipinski definition) is 2. The zero-order chi connectivity index (χ0) is 37.2. The highest BCUT2D eigenvalue weighted by Crippen LogP contribution is 2.59. The van der Waals surface area contributed by atoms with E-state index < -0.39 is 72.2 Å². The molecule has 0 aromatic heterocycles. The average molecular weight is 781 g/mol. The van der Waals surface area contributed by atoms with Crippen molar-refractivity contribution in [1.29, 1.82) is 0 Å². The summed E-state index contributed by atoms with van der Waals surface area (Å²) in [5, 5.41) is 13.8. The number of aliphatic hydroxyl groups is 1. The summed E-state index contributed by atoms with van der Waals surface area (Å²) in [6, 6.07) is 13.3. The first kappa shape index (κ1) is 37.7. The van der Waals surface area contributed by atoms with Crippen molar-refractivity contribution in [3.8, 4) is 5.75 Å². The molecule has 2 saturated heterocycles. The predicted molar refractivity (Wildman–Crippen MR) is 195 cm³/mol. The number of hydrogen-bond acceptors (Lipinski definition) is 9. The lowest BCUT2D eigenvalue weighted by Gasteiger charge is -2.39. The summed E-state index contributed by atoms with van der Waals surface area (Å²) >= 11 is 3.61. The molecule has 2 aromatic rings. The van der Waals surface area contributed by atoms with Crippen molar-refractivity contribution >= 4 is 45.3 Å². The zero-order valence-corrected chi connectivity index (χ0v) is 31.4. The third-order valence-electron chi connectivity index (χ3n) is 10.3. The standard InChI is InChI=1S/C39H46BrN3O9/c1-23(2)19-26(21-44)43-35-37(47)42(25-14-16-27(50-4)17-15-25)18-10-6-9-13-30(45)41-29(22-49-3)33(24-11-7-5-8-12-24)51-38(48)31-32(36(43)46)39(35)20-28(40)34(31)52-39/h5-8,10-12,14-17,20,23,26,29,31-35,44H,9,13,18-19,21-22H2,1-4H3,(H,41,45)/b10-6-/t26-,29-,31+,32-,33-,34+,35+,39-/m1/s1. The van der Waals surface area contributed by atoms with Crippen LogP contribution in [0.5, 0.6) is 5.75 Å². The minimum absolute atomic E-state index is 0.0451. The second-order valence-electron chi connectivity index (χ2n) is 14.1. The molecule has 0 saturated carbocycles. The number of methoxy groups -OCH3 is 2. The van der Waals surface area contributed by atoms with Crippen LogP contribution in [0.15, 0.2) is 77.3 Å². The Hall–Kier alpha value is -4.04. The van der Waals surface area contributed by atoms with Crippen molar-refractivity contribution in [2.24, 2.45) is 17.8 Å². The van der Waals surface area contributed by atoms with E-state index in [2.05, 4.69) is 21.2 Å². The highest BCUT2D eigenvalue weighted by molar-refractivity contribution is 9.11. The van der Waals surface area contributed by atoms with Gasteiger partial charge in [-0.1, -0.05) is 72.3 Å². The maximum atomic E-state index is 15.2. The lowest BCUT2D eigenvalue weighted by Crippen LogP contribution is -2.59. The first-order chi connectivity index (χ1) is 25.0. The number of esters is 1. The van der Waals surface area contributed by atoms with E-state index in [1.807, 2.05) is 44.2 Å². The monoisotopic (exact) mass is 779 g/mol. The van der Waals surface area contributed by atoms with Gasteiger partial charge in [0, 0.05) is 30.2 Å². The van der Waals surface area contributed by atoms with Crippen LogP contribution in [0.1, 0.15) is 44.8 Å². The van der Waals surface area contributed by atoms with Crippen LogP contribution in [0.2, 0.25) is 0 Å². The molecule has 0 aliphatic carbocycles. The summed E-state index contributed by atoms with van der Waals surface area (Å²) in [7, 11) is 3.06. The maximum absolute atomic E-state index is 15.2. The fourth-order valence-corrected chi connectivity index (χ4v) is 8.79. The number of carbonyl (C=O) groups is 4. The summed E-state index contributed by atoms with van der Waals surface area (Å²) < 4.78 is 24.4. The number of cyclic esters (lactones) is 1. The summed E-state index contributed by atoms with van der Waals surface area (Å²) in [6.45, 7) is 3.73. The van der Waals surface area contributed by atoms with Gasteiger partial charge < -0.3 is 39.2 Å². The van der Waals surface area contributed by atoms with Crippen LogP contribution < -0.4 is 15.0 Å². The molecule has 5 bridgehead atoms. The van der Waals surface area contributed by atoms with Crippen molar-refractivity contribution in [2.45, 2.75) is 69.0 Å². The number of halogens is 1. The van der Waals surface area contributed by atoms with Crippen LogP contribution >= 0.6 is 15.9 Å². The molecule has 6 rings (SSSR count). The van der Waals surface area contributed by atoms with Gasteiger partial charge in [0.05, 0.1) is 38.3 Å². The van der Waals surface area contributed by atoms with E-state index in [1.54, 1.807) is 54.5 Å². The van der Waals surface area contributed by atoms with Crippen LogP contribution in [0.25, 0.3) is 0 Å². The summed E-state index contributed by atoms with van der Waals surface area (Å²) in [5.41, 5.74) is -0.372. The number of aliphatic hydroxyl groups excluding tert-OH is 1. The van der Waals surface area contributed by atoms with Gasteiger partial charge in [0.15, 0.2) is 0 Å². The van der Waals surface area contributed by atoms with E-state index in [-0.39, 0.29) is 31.4 Å². The first-order valence-electron chi connectivity index (χ1n) is 17.7. The molecular formula is C39H46BrN3O9. The molecule has 4 aliphatic heterocycles. The second-order valence-corrected chi connectivity index (χ2v) is 15.0. The number of ether oxygens (including phenoxy) is 4. The highest BCUT2D eigenvalue weighted by atomic mass is 79.9. The van der Waals surface area contributed by atoms with Crippen LogP contribution in [0.3, 0.4) is 0 Å². The smallest absolute Gasteiger partial charge is 0.313 e. The van der Waals surface area contributed by atoms with Gasteiger partial charge >= 0.3 is 5.97 Å². The van der Waals surface area contributed by atoms with E-state index in [1.165, 1.54) is 12.0 Å². The number of allylic oxidation sites excluding steroid dienone is 1. The third-order valence-corrected chi connectivity index (χ3v) is 11.0. The first-order valence-corrected chi connectivity index (χ1v) is 18.5. The van der Waals surface area contributed by atoms with Gasteiger partial charge in [0.1, 0.15) is 35.5 Å². The summed E-state index contributed by atoms with van der Waals surface area (Å²) in [5.74, 6) is -3.48. The predicted octanol–water partition coefficient (Wildman–Crippen LogP) is 4.07. The number of fused-ring (bicyclic) bond motifs is 2. The molecule has 4 heterocycles. The Morgan fingerprint density at radius 2 is 1.73 bits per heavy atom. The summed E-state index contributed by atoms with van der Waals surface area (Å²) in [6.07, 6.45) is 4.44. The zero-order valence-electron chi connectivity index (χ0n) is 29.8. The van der Waals surface area contributed by atoms with Crippen LogP contribution in [0.4, 0.5) is 5.69 Å². The van der Waals surface area contributed by atoms with Crippen molar-refractivity contribution in [2.75, 3.05) is 38.9 Å². The number of rotatable bonds is 9. The van der Waals surface area contributed by atoms with Crippen LogP contribution in [-0.2, 0) is 33.4 Å². The molecule has 4 aliphatic rings. The Balaban J connectivity index is 1.51. The minimum Gasteiger partial charge on any atom is -0.497 e. The molecule has 3 amide bonds. The molecule has 2 fully saturated rings. The number of carbonyl (C=O) groups excluding carboxylic acids is 4.